The molecule has 2 aromatic rings. The van der Waals surface area contributed by atoms with E-state index in [1.54, 1.807) is 0 Å². The lowest BCUT2D eigenvalue weighted by molar-refractivity contribution is -0.147. The molecule has 0 aromatic heterocycles. The number of benzene rings is 2. The van der Waals surface area contributed by atoms with E-state index in [4.69, 9.17) is 9.84 Å². The first-order valence-corrected chi connectivity index (χ1v) is 11.8. The number of amides is 2. The van der Waals surface area contributed by atoms with Crippen LogP contribution in [0.4, 0.5) is 4.79 Å². The Hall–Kier alpha value is -3.39. The maximum Gasteiger partial charge on any atom is 0.407 e. The lowest BCUT2D eigenvalue weighted by atomic mass is 9.84. The highest BCUT2D eigenvalue weighted by molar-refractivity contribution is 5.84. The number of rotatable bonds is 10. The second-order valence-corrected chi connectivity index (χ2v) is 10.0. The summed E-state index contributed by atoms with van der Waals surface area (Å²) in [5.74, 6) is -2.31. The normalized spacial score (nSPS) is 13.5. The number of fused-ring (bicyclic) bond motifs is 3. The number of alkyl carbamates (subject to hydrolysis) is 1. The Bertz CT molecular complexity index is 1020. The van der Waals surface area contributed by atoms with Crippen molar-refractivity contribution in [3.63, 3.8) is 0 Å². The van der Waals surface area contributed by atoms with Gasteiger partial charge in [0, 0.05) is 19.0 Å². The summed E-state index contributed by atoms with van der Waals surface area (Å²) < 4.78 is 5.56. The average molecular weight is 483 g/mol. The van der Waals surface area contributed by atoms with Crippen molar-refractivity contribution < 1.29 is 29.3 Å². The van der Waals surface area contributed by atoms with Crippen molar-refractivity contribution in [1.82, 2.24) is 10.2 Å². The van der Waals surface area contributed by atoms with Gasteiger partial charge in [-0.05, 0) is 34.1 Å². The highest BCUT2D eigenvalue weighted by atomic mass is 16.5. The lowest BCUT2D eigenvalue weighted by Gasteiger charge is -2.30. The van der Waals surface area contributed by atoms with Crippen LogP contribution in [0.2, 0.25) is 0 Å². The predicted octanol–water partition coefficient (Wildman–Crippen LogP) is 3.48. The monoisotopic (exact) mass is 482 g/mol. The van der Waals surface area contributed by atoms with Gasteiger partial charge < -0.3 is 25.2 Å². The lowest BCUT2D eigenvalue weighted by Crippen LogP contribution is -2.46. The largest absolute Gasteiger partial charge is 0.480 e. The second-order valence-electron chi connectivity index (χ2n) is 10.0. The number of aliphatic hydroxyl groups is 1. The average Bonchev–Trinajstić information content (AvgIpc) is 3.12. The van der Waals surface area contributed by atoms with Crippen LogP contribution < -0.4 is 5.32 Å². The van der Waals surface area contributed by atoms with Crippen LogP contribution >= 0.6 is 0 Å². The minimum absolute atomic E-state index is 0.00826. The minimum Gasteiger partial charge on any atom is -0.480 e. The van der Waals surface area contributed by atoms with Crippen LogP contribution in [0.25, 0.3) is 11.1 Å². The van der Waals surface area contributed by atoms with E-state index in [-0.39, 0.29) is 37.6 Å². The molecule has 1 atom stereocenters. The molecule has 0 saturated heterocycles. The van der Waals surface area contributed by atoms with Gasteiger partial charge in [0.2, 0.25) is 5.91 Å². The number of carbonyl (C=O) groups is 3. The molecule has 2 aromatic carbocycles. The van der Waals surface area contributed by atoms with Crippen molar-refractivity contribution in [1.29, 1.82) is 0 Å². The molecule has 8 heteroatoms. The fourth-order valence-corrected chi connectivity index (χ4v) is 4.65. The molecule has 0 radical (unpaired) electrons. The summed E-state index contributed by atoms with van der Waals surface area (Å²) in [6, 6.07) is 16.1. The molecule has 35 heavy (non-hydrogen) atoms. The van der Waals surface area contributed by atoms with Crippen molar-refractivity contribution in [2.24, 2.45) is 11.3 Å². The van der Waals surface area contributed by atoms with E-state index in [2.05, 4.69) is 17.4 Å². The third-order valence-electron chi connectivity index (χ3n) is 6.05. The molecule has 1 aliphatic carbocycles. The SMILES string of the molecule is CC(C)(C)CC(CNC(=O)OCC1c2ccccc2-c2ccccc21)C(=O)N(CCO)CC(=O)O. The van der Waals surface area contributed by atoms with Gasteiger partial charge in [-0.15, -0.1) is 0 Å². The zero-order valence-electron chi connectivity index (χ0n) is 20.5. The van der Waals surface area contributed by atoms with Gasteiger partial charge in [-0.1, -0.05) is 69.3 Å². The molecular weight excluding hydrogens is 448 g/mol. The van der Waals surface area contributed by atoms with E-state index in [1.165, 1.54) is 0 Å². The zero-order valence-corrected chi connectivity index (χ0v) is 20.5. The van der Waals surface area contributed by atoms with Crippen LogP contribution in [0.1, 0.15) is 44.2 Å². The van der Waals surface area contributed by atoms with Gasteiger partial charge in [0.1, 0.15) is 13.2 Å². The summed E-state index contributed by atoms with van der Waals surface area (Å²) in [5.41, 5.74) is 4.24. The molecule has 3 rings (SSSR count). The number of carboxylic acid groups (broad SMARTS) is 1. The van der Waals surface area contributed by atoms with Gasteiger partial charge in [-0.25, -0.2) is 4.79 Å². The van der Waals surface area contributed by atoms with E-state index >= 15 is 0 Å². The van der Waals surface area contributed by atoms with Gasteiger partial charge in [0.15, 0.2) is 0 Å². The van der Waals surface area contributed by atoms with Crippen molar-refractivity contribution in [2.45, 2.75) is 33.1 Å². The first kappa shape index (κ1) is 26.2. The number of nitrogens with zero attached hydrogens (tertiary/aromatic N) is 1. The van der Waals surface area contributed by atoms with Gasteiger partial charge in [0.05, 0.1) is 12.5 Å². The molecular formula is C27H34N2O6. The first-order valence-electron chi connectivity index (χ1n) is 11.8. The fraction of sp³-hybridized carbons (Fsp3) is 0.444. The minimum atomic E-state index is -1.16. The maximum atomic E-state index is 13.1. The Labute approximate surface area is 205 Å². The quantitative estimate of drug-likeness (QED) is 0.477. The zero-order chi connectivity index (χ0) is 25.6. The molecule has 0 saturated carbocycles. The number of nitrogens with one attached hydrogen (secondary N) is 1. The van der Waals surface area contributed by atoms with Crippen molar-refractivity contribution in [3.05, 3.63) is 59.7 Å². The molecule has 1 aliphatic rings. The second kappa shape index (κ2) is 11.4. The standard InChI is InChI=1S/C27H34N2O6/c1-27(2,3)14-18(25(33)29(12-13-30)16-24(31)32)15-28-26(34)35-17-23-21-10-6-4-8-19(21)20-9-5-7-11-22(20)23/h4-11,18,23,30H,12-17H2,1-3H3,(H,28,34)(H,31,32). The Kier molecular flexibility index (Phi) is 8.51. The molecule has 0 fully saturated rings. The van der Waals surface area contributed by atoms with Crippen LogP contribution in [-0.2, 0) is 14.3 Å². The topological polar surface area (TPSA) is 116 Å². The molecule has 2 amide bonds. The highest BCUT2D eigenvalue weighted by Gasteiger charge is 2.31. The van der Waals surface area contributed by atoms with Crippen LogP contribution in [-0.4, -0.2) is 65.9 Å². The molecule has 0 heterocycles. The summed E-state index contributed by atoms with van der Waals surface area (Å²) >= 11 is 0. The third kappa shape index (κ3) is 6.82. The van der Waals surface area contributed by atoms with Gasteiger partial charge in [-0.3, -0.25) is 9.59 Å². The van der Waals surface area contributed by atoms with E-state index in [1.807, 2.05) is 57.2 Å². The van der Waals surface area contributed by atoms with Crippen molar-refractivity contribution in [2.75, 3.05) is 32.8 Å². The number of ether oxygens (including phenoxy) is 1. The molecule has 188 valence electrons. The Balaban J connectivity index is 1.65. The van der Waals surface area contributed by atoms with Crippen molar-refractivity contribution >= 4 is 18.0 Å². The highest BCUT2D eigenvalue weighted by Crippen LogP contribution is 2.44. The number of aliphatic hydroxyl groups excluding tert-OH is 1. The first-order chi connectivity index (χ1) is 16.6. The molecule has 0 spiro atoms. The molecule has 0 aliphatic heterocycles. The van der Waals surface area contributed by atoms with Crippen LogP contribution in [0.3, 0.4) is 0 Å². The Morgan fingerprint density at radius 2 is 1.60 bits per heavy atom. The number of hydrogen-bond donors (Lipinski definition) is 3. The summed E-state index contributed by atoms with van der Waals surface area (Å²) in [4.78, 5) is 38.0. The number of aliphatic carboxylic acids is 1. The third-order valence-corrected chi connectivity index (χ3v) is 6.05. The summed E-state index contributed by atoms with van der Waals surface area (Å²) in [6.07, 6.45) is -0.206. The van der Waals surface area contributed by atoms with Gasteiger partial charge in [0.25, 0.3) is 0 Å². The van der Waals surface area contributed by atoms with Gasteiger partial charge >= 0.3 is 12.1 Å². The molecule has 1 unspecified atom stereocenters. The number of carboxylic acids is 1. The Morgan fingerprint density at radius 1 is 1.03 bits per heavy atom. The van der Waals surface area contributed by atoms with Crippen LogP contribution in [0, 0.1) is 11.3 Å². The van der Waals surface area contributed by atoms with Crippen molar-refractivity contribution in [3.8, 4) is 11.1 Å². The maximum absolute atomic E-state index is 13.1. The summed E-state index contributed by atoms with van der Waals surface area (Å²) in [6.45, 7) is 5.13. The van der Waals surface area contributed by atoms with E-state index in [9.17, 15) is 19.5 Å². The predicted molar refractivity (Wildman–Crippen MR) is 132 cm³/mol. The molecule has 3 N–H and O–H groups in total. The van der Waals surface area contributed by atoms with E-state index in [0.29, 0.717) is 6.42 Å². The Morgan fingerprint density at radius 3 is 2.11 bits per heavy atom. The summed E-state index contributed by atoms with van der Waals surface area (Å²) in [5, 5.41) is 21.1. The number of hydrogen-bond acceptors (Lipinski definition) is 5. The fourth-order valence-electron chi connectivity index (χ4n) is 4.65. The smallest absolute Gasteiger partial charge is 0.407 e. The van der Waals surface area contributed by atoms with E-state index < -0.39 is 30.4 Å². The van der Waals surface area contributed by atoms with Crippen LogP contribution in [0.5, 0.6) is 0 Å². The summed E-state index contributed by atoms with van der Waals surface area (Å²) in [7, 11) is 0. The molecule has 0 bridgehead atoms. The molecule has 8 nitrogen and oxygen atoms in total. The number of carbonyl (C=O) groups excluding carboxylic acids is 2. The van der Waals surface area contributed by atoms with Crippen LogP contribution in [0.15, 0.2) is 48.5 Å². The van der Waals surface area contributed by atoms with Gasteiger partial charge in [-0.2, -0.15) is 0 Å². The van der Waals surface area contributed by atoms with E-state index in [0.717, 1.165) is 27.2 Å².